The van der Waals surface area contributed by atoms with Gasteiger partial charge in [0.2, 0.25) is 0 Å². The number of hydrogen-bond acceptors (Lipinski definition) is 15. The Balaban J connectivity index is 5.21. The highest BCUT2D eigenvalue weighted by atomic mass is 31.2. The summed E-state index contributed by atoms with van der Waals surface area (Å²) in [5.74, 6) is 0.109. The van der Waals surface area contributed by atoms with Gasteiger partial charge in [0, 0.05) is 25.7 Å². The van der Waals surface area contributed by atoms with Gasteiger partial charge in [-0.25, -0.2) is 9.13 Å². The summed E-state index contributed by atoms with van der Waals surface area (Å²) in [6.07, 6.45) is 58.0. The molecule has 0 aromatic carbocycles. The molecule has 0 aliphatic rings. The first-order valence-electron chi connectivity index (χ1n) is 39.7. The molecule has 4 unspecified atom stereocenters. The summed E-state index contributed by atoms with van der Waals surface area (Å²) < 4.78 is 68.4. The van der Waals surface area contributed by atoms with E-state index in [-0.39, 0.29) is 25.7 Å². The Kier molecular flexibility index (Phi) is 66.3. The summed E-state index contributed by atoms with van der Waals surface area (Å²) in [6, 6.07) is 0. The largest absolute Gasteiger partial charge is 0.472 e. The van der Waals surface area contributed by atoms with E-state index in [4.69, 9.17) is 37.0 Å². The van der Waals surface area contributed by atoms with Gasteiger partial charge in [-0.3, -0.25) is 37.3 Å². The van der Waals surface area contributed by atoms with Crippen LogP contribution in [-0.2, 0) is 65.4 Å². The van der Waals surface area contributed by atoms with Crippen molar-refractivity contribution in [2.24, 2.45) is 17.8 Å². The zero-order chi connectivity index (χ0) is 71.6. The number of aliphatic hydroxyl groups excluding tert-OH is 1. The van der Waals surface area contributed by atoms with Crippen LogP contribution in [0.2, 0.25) is 0 Å². The number of rotatable bonds is 74. The number of aliphatic hydroxyl groups is 1. The van der Waals surface area contributed by atoms with E-state index in [0.717, 1.165) is 121 Å². The molecule has 572 valence electrons. The van der Waals surface area contributed by atoms with Crippen LogP contribution in [0.1, 0.15) is 376 Å². The van der Waals surface area contributed by atoms with Crippen LogP contribution in [0.5, 0.6) is 0 Å². The zero-order valence-corrected chi connectivity index (χ0v) is 64.8. The molecule has 0 fully saturated rings. The predicted molar refractivity (Wildman–Crippen MR) is 395 cm³/mol. The molecule has 0 aliphatic heterocycles. The molecule has 0 saturated carbocycles. The molecule has 0 spiro atoms. The first-order chi connectivity index (χ1) is 46.8. The second kappa shape index (κ2) is 68.0. The molecule has 0 aromatic heterocycles. The van der Waals surface area contributed by atoms with Crippen molar-refractivity contribution >= 4 is 39.5 Å². The molecule has 17 nitrogen and oxygen atoms in total. The molecule has 19 heteroatoms. The fourth-order valence-electron chi connectivity index (χ4n) is 11.4. The van der Waals surface area contributed by atoms with Gasteiger partial charge in [-0.15, -0.1) is 0 Å². The van der Waals surface area contributed by atoms with Crippen LogP contribution in [0.4, 0.5) is 0 Å². The van der Waals surface area contributed by atoms with Crippen molar-refractivity contribution in [1.82, 2.24) is 0 Å². The summed E-state index contributed by atoms with van der Waals surface area (Å²) in [7, 11) is -9.92. The Bertz CT molecular complexity index is 1980. The number of unbranched alkanes of at least 4 members (excludes halogenated alkanes) is 38. The zero-order valence-electron chi connectivity index (χ0n) is 63.0. The number of esters is 4. The quantitative estimate of drug-likeness (QED) is 0.0169. The molecule has 3 N–H and O–H groups in total. The van der Waals surface area contributed by atoms with Crippen molar-refractivity contribution in [2.45, 2.75) is 394 Å². The second-order valence-corrected chi connectivity index (χ2v) is 31.5. The molecule has 0 saturated heterocycles. The number of ether oxygens (including phenoxy) is 4. The Labute approximate surface area is 592 Å². The van der Waals surface area contributed by atoms with Crippen LogP contribution in [0.3, 0.4) is 0 Å². The van der Waals surface area contributed by atoms with Gasteiger partial charge in [0.1, 0.15) is 19.3 Å². The number of carbonyl (C=O) groups excluding carboxylic acids is 4. The average molecular weight is 1420 g/mol. The van der Waals surface area contributed by atoms with Crippen LogP contribution < -0.4 is 0 Å². The van der Waals surface area contributed by atoms with E-state index < -0.39 is 97.5 Å². The monoisotopic (exact) mass is 1420 g/mol. The number of phosphoric acid groups is 2. The summed E-state index contributed by atoms with van der Waals surface area (Å²) in [5, 5.41) is 10.6. The van der Waals surface area contributed by atoms with Crippen molar-refractivity contribution in [3.8, 4) is 0 Å². The maximum atomic E-state index is 13.1. The minimum absolute atomic E-state index is 0.0991. The molecule has 0 heterocycles. The van der Waals surface area contributed by atoms with Crippen LogP contribution >= 0.6 is 15.6 Å². The molecule has 0 radical (unpaired) electrons. The van der Waals surface area contributed by atoms with Gasteiger partial charge in [0.05, 0.1) is 26.4 Å². The van der Waals surface area contributed by atoms with E-state index in [1.54, 1.807) is 0 Å². The molecule has 0 bridgehead atoms. The lowest BCUT2D eigenvalue weighted by atomic mass is 9.99. The maximum Gasteiger partial charge on any atom is 0.472 e. The molecule has 0 rings (SSSR count). The van der Waals surface area contributed by atoms with Gasteiger partial charge in [0.15, 0.2) is 12.2 Å². The highest BCUT2D eigenvalue weighted by Crippen LogP contribution is 2.45. The number of allylic oxidation sites excluding steroid dienone is 4. The van der Waals surface area contributed by atoms with E-state index in [0.29, 0.717) is 31.6 Å². The predicted octanol–water partition coefficient (Wildman–Crippen LogP) is 22.5. The van der Waals surface area contributed by atoms with Crippen molar-refractivity contribution in [3.05, 3.63) is 24.3 Å². The van der Waals surface area contributed by atoms with Gasteiger partial charge in [0.25, 0.3) is 0 Å². The van der Waals surface area contributed by atoms with E-state index in [9.17, 15) is 43.2 Å². The Morgan fingerprint density at radius 2 is 0.608 bits per heavy atom. The van der Waals surface area contributed by atoms with E-state index in [2.05, 4.69) is 72.8 Å². The normalized spacial score (nSPS) is 14.5. The lowest BCUT2D eigenvalue weighted by Gasteiger charge is -2.21. The number of hydrogen-bond donors (Lipinski definition) is 3. The maximum absolute atomic E-state index is 13.1. The van der Waals surface area contributed by atoms with Crippen LogP contribution in [0.15, 0.2) is 24.3 Å². The number of phosphoric ester groups is 2. The highest BCUT2D eigenvalue weighted by molar-refractivity contribution is 7.47. The average Bonchev–Trinajstić information content (AvgIpc) is 1.01. The van der Waals surface area contributed by atoms with Crippen molar-refractivity contribution in [3.63, 3.8) is 0 Å². The first-order valence-corrected chi connectivity index (χ1v) is 42.7. The molecule has 0 aromatic rings. The van der Waals surface area contributed by atoms with Gasteiger partial charge in [-0.05, 0) is 69.1 Å². The summed E-state index contributed by atoms with van der Waals surface area (Å²) in [6.45, 7) is 11.8. The van der Waals surface area contributed by atoms with Crippen LogP contribution in [-0.4, -0.2) is 96.7 Å². The second-order valence-electron chi connectivity index (χ2n) is 28.6. The van der Waals surface area contributed by atoms with Crippen molar-refractivity contribution < 1.29 is 80.2 Å². The van der Waals surface area contributed by atoms with Gasteiger partial charge in [-0.2, -0.15) is 0 Å². The SMILES string of the molecule is CCCCCC/C=C\C=C/CCCCCCCC(=O)OC[C@H](COP(=O)(O)OCC(O)COP(=O)(O)OC[C@@H](COC(=O)CCCCCCCCCCC(C)C)OC(=O)CCCCCCCCC(C)C)OC(=O)CCCCCCCCCCCCCCCCCCCCC(C)CC. The third kappa shape index (κ3) is 70.4. The molecule has 0 amide bonds. The lowest BCUT2D eigenvalue weighted by Crippen LogP contribution is -2.30. The van der Waals surface area contributed by atoms with Gasteiger partial charge >= 0.3 is 39.5 Å². The minimum Gasteiger partial charge on any atom is -0.462 e. The fraction of sp³-hybridized carbons (Fsp3) is 0.897. The Morgan fingerprint density at radius 1 is 0.340 bits per heavy atom. The lowest BCUT2D eigenvalue weighted by molar-refractivity contribution is -0.161. The van der Waals surface area contributed by atoms with E-state index in [1.165, 1.54) is 167 Å². The summed E-state index contributed by atoms with van der Waals surface area (Å²) in [4.78, 5) is 72.7. The topological polar surface area (TPSA) is 237 Å². The summed E-state index contributed by atoms with van der Waals surface area (Å²) >= 11 is 0. The Morgan fingerprint density at radius 3 is 0.918 bits per heavy atom. The van der Waals surface area contributed by atoms with Crippen molar-refractivity contribution in [2.75, 3.05) is 39.6 Å². The standard InChI is InChI=1S/C78H148O17P2/c1-8-10-11-12-13-14-15-16-21-25-28-31-37-45-52-59-75(80)88-65-73(94-77(82)61-54-47-39-32-29-26-23-20-18-17-19-22-24-27-30-36-44-51-58-71(7)9-2)67-92-96(84,85)90-63-72(79)64-91-97(86,87)93-68-74(95-78(83)62-55-48-41-40-43-50-57-70(5)6)66-89-76(81)60-53-46-38-34-33-35-42-49-56-69(3)4/h14-16,21,69-74,79H,8-13,17-20,22-68H2,1-7H3,(H,84,85)(H,86,87)/b15-14-,21-16-/t71?,72?,73-,74-/m1/s1. The Hall–Kier alpha value is -2.46. The third-order valence-corrected chi connectivity index (χ3v) is 19.8. The van der Waals surface area contributed by atoms with E-state index in [1.807, 2.05) is 0 Å². The van der Waals surface area contributed by atoms with Crippen molar-refractivity contribution in [1.29, 1.82) is 0 Å². The van der Waals surface area contributed by atoms with Crippen LogP contribution in [0.25, 0.3) is 0 Å². The molecular formula is C78H148O17P2. The molecular weight excluding hydrogens is 1270 g/mol. The van der Waals surface area contributed by atoms with Crippen LogP contribution in [0, 0.1) is 17.8 Å². The summed E-state index contributed by atoms with van der Waals surface area (Å²) in [5.41, 5.74) is 0. The minimum atomic E-state index is -4.97. The fourth-order valence-corrected chi connectivity index (χ4v) is 13.0. The first kappa shape index (κ1) is 94.5. The smallest absolute Gasteiger partial charge is 0.462 e. The third-order valence-electron chi connectivity index (χ3n) is 17.9. The van der Waals surface area contributed by atoms with Gasteiger partial charge < -0.3 is 33.8 Å². The van der Waals surface area contributed by atoms with Gasteiger partial charge in [-0.1, -0.05) is 323 Å². The number of carbonyl (C=O) groups is 4. The molecule has 97 heavy (non-hydrogen) atoms. The molecule has 0 aliphatic carbocycles. The van der Waals surface area contributed by atoms with E-state index >= 15 is 0 Å². The highest BCUT2D eigenvalue weighted by Gasteiger charge is 2.30. The molecule has 6 atom stereocenters.